The fourth-order valence-corrected chi connectivity index (χ4v) is 4.10. The van der Waals surface area contributed by atoms with Crippen LogP contribution in [0.25, 0.3) is 0 Å². The zero-order valence-corrected chi connectivity index (χ0v) is 20.5. The monoisotopic (exact) mass is 529 g/mol. The Balaban J connectivity index is 0.00000320. The van der Waals surface area contributed by atoms with Crippen LogP contribution in [0.2, 0.25) is 0 Å². The smallest absolute Gasteiger partial charge is 0.251 e. The third-order valence-electron chi connectivity index (χ3n) is 5.80. The van der Waals surface area contributed by atoms with E-state index in [-0.39, 0.29) is 36.0 Å². The van der Waals surface area contributed by atoms with Crippen molar-refractivity contribution in [3.8, 4) is 0 Å². The maximum absolute atomic E-state index is 12.4. The van der Waals surface area contributed by atoms with Gasteiger partial charge in [0.05, 0.1) is 6.10 Å². The summed E-state index contributed by atoms with van der Waals surface area (Å²) in [5.41, 5.74) is 1.73. The van der Waals surface area contributed by atoms with Gasteiger partial charge in [0.2, 0.25) is 0 Å². The average Bonchev–Trinajstić information content (AvgIpc) is 3.44. The lowest BCUT2D eigenvalue weighted by molar-refractivity contribution is 0.0857. The maximum Gasteiger partial charge on any atom is 0.251 e. The van der Waals surface area contributed by atoms with Gasteiger partial charge in [-0.25, -0.2) is 0 Å². The predicted molar refractivity (Wildman–Crippen MR) is 132 cm³/mol. The summed E-state index contributed by atoms with van der Waals surface area (Å²) in [6.07, 6.45) is 4.76. The van der Waals surface area contributed by atoms with E-state index >= 15 is 0 Å². The average molecular weight is 529 g/mol. The minimum absolute atomic E-state index is 0. The number of amides is 1. The highest BCUT2D eigenvalue weighted by Gasteiger charge is 2.22. The number of guanidine groups is 1. The SMILES string of the molecule is CCN1CCCC1CNC(=NC)NCc1cccc(C(=O)NCC2CCCO2)c1.I. The number of aliphatic imine (C=N–C) groups is 1. The van der Waals surface area contributed by atoms with Gasteiger partial charge in [-0.05, 0) is 56.5 Å². The summed E-state index contributed by atoms with van der Waals surface area (Å²) >= 11 is 0. The molecule has 2 unspecified atom stereocenters. The van der Waals surface area contributed by atoms with Crippen molar-refractivity contribution in [1.82, 2.24) is 20.9 Å². The first-order chi connectivity index (χ1) is 14.2. The van der Waals surface area contributed by atoms with Crippen LogP contribution in [0.15, 0.2) is 29.3 Å². The molecule has 2 atom stereocenters. The Morgan fingerprint density at radius 2 is 2.07 bits per heavy atom. The van der Waals surface area contributed by atoms with Crippen LogP contribution in [0, 0.1) is 0 Å². The Kier molecular flexibility index (Phi) is 10.9. The number of likely N-dealkylation sites (tertiary alicyclic amines) is 1. The largest absolute Gasteiger partial charge is 0.376 e. The number of carbonyl (C=O) groups is 1. The first-order valence-electron chi connectivity index (χ1n) is 10.9. The van der Waals surface area contributed by atoms with Gasteiger partial charge in [-0.15, -0.1) is 24.0 Å². The van der Waals surface area contributed by atoms with Gasteiger partial charge in [-0.3, -0.25) is 14.7 Å². The molecule has 0 bridgehead atoms. The molecule has 0 aliphatic carbocycles. The number of hydrogen-bond acceptors (Lipinski definition) is 4. The molecule has 0 saturated carbocycles. The van der Waals surface area contributed by atoms with Gasteiger partial charge >= 0.3 is 0 Å². The van der Waals surface area contributed by atoms with E-state index in [1.54, 1.807) is 7.05 Å². The molecule has 168 valence electrons. The zero-order chi connectivity index (χ0) is 20.5. The van der Waals surface area contributed by atoms with E-state index in [9.17, 15) is 4.79 Å². The van der Waals surface area contributed by atoms with Crippen LogP contribution in [0.4, 0.5) is 0 Å². The Hall–Kier alpha value is -1.39. The molecule has 7 nitrogen and oxygen atoms in total. The van der Waals surface area contributed by atoms with Gasteiger partial charge in [0.1, 0.15) is 0 Å². The Bertz CT molecular complexity index is 694. The quantitative estimate of drug-likeness (QED) is 0.274. The van der Waals surface area contributed by atoms with Crippen LogP contribution in [-0.2, 0) is 11.3 Å². The van der Waals surface area contributed by atoms with Crippen molar-refractivity contribution < 1.29 is 9.53 Å². The van der Waals surface area contributed by atoms with Crippen molar-refractivity contribution >= 4 is 35.8 Å². The van der Waals surface area contributed by atoms with Crippen molar-refractivity contribution in [2.75, 3.05) is 39.8 Å². The van der Waals surface area contributed by atoms with E-state index in [4.69, 9.17) is 4.74 Å². The van der Waals surface area contributed by atoms with Gasteiger partial charge in [0.15, 0.2) is 5.96 Å². The van der Waals surface area contributed by atoms with E-state index in [1.165, 1.54) is 19.4 Å². The Morgan fingerprint density at radius 3 is 2.80 bits per heavy atom. The van der Waals surface area contributed by atoms with Crippen molar-refractivity contribution in [3.05, 3.63) is 35.4 Å². The van der Waals surface area contributed by atoms with Gasteiger partial charge in [0.25, 0.3) is 5.91 Å². The Morgan fingerprint density at radius 1 is 1.20 bits per heavy atom. The highest BCUT2D eigenvalue weighted by molar-refractivity contribution is 14.0. The molecule has 2 heterocycles. The van der Waals surface area contributed by atoms with Crippen LogP contribution in [-0.4, -0.2) is 68.7 Å². The minimum Gasteiger partial charge on any atom is -0.376 e. The van der Waals surface area contributed by atoms with Crippen LogP contribution in [0.3, 0.4) is 0 Å². The molecule has 2 fully saturated rings. The highest BCUT2D eigenvalue weighted by atomic mass is 127. The number of rotatable bonds is 8. The molecule has 0 aromatic heterocycles. The maximum atomic E-state index is 12.4. The summed E-state index contributed by atoms with van der Waals surface area (Å²) in [4.78, 5) is 19.3. The topological polar surface area (TPSA) is 78.0 Å². The third kappa shape index (κ3) is 7.39. The molecular formula is C22H36IN5O2. The summed E-state index contributed by atoms with van der Waals surface area (Å²) in [7, 11) is 1.79. The molecular weight excluding hydrogens is 493 g/mol. The third-order valence-corrected chi connectivity index (χ3v) is 5.80. The highest BCUT2D eigenvalue weighted by Crippen LogP contribution is 2.15. The first-order valence-corrected chi connectivity index (χ1v) is 10.9. The number of ether oxygens (including phenoxy) is 1. The molecule has 8 heteroatoms. The number of benzene rings is 1. The lowest BCUT2D eigenvalue weighted by atomic mass is 10.1. The second-order valence-electron chi connectivity index (χ2n) is 7.78. The molecule has 2 aliphatic rings. The standard InChI is InChI=1S/C22H35N5O2.HI/c1-3-27-11-5-9-19(27)15-26-22(23-2)25-14-17-7-4-8-18(13-17)21(28)24-16-20-10-6-12-29-20;/h4,7-8,13,19-20H,3,5-6,9-12,14-16H2,1-2H3,(H,24,28)(H2,23,25,26);1H. The molecule has 1 amide bonds. The number of nitrogens with zero attached hydrogens (tertiary/aromatic N) is 2. The first kappa shape index (κ1) is 24.9. The normalized spacial score (nSPS) is 21.9. The van der Waals surface area contributed by atoms with Crippen molar-refractivity contribution in [3.63, 3.8) is 0 Å². The lowest BCUT2D eigenvalue weighted by Crippen LogP contribution is -2.44. The second kappa shape index (κ2) is 13.1. The van der Waals surface area contributed by atoms with Gasteiger partial charge in [-0.2, -0.15) is 0 Å². The summed E-state index contributed by atoms with van der Waals surface area (Å²) in [5.74, 6) is 0.743. The molecule has 0 radical (unpaired) electrons. The van der Waals surface area contributed by atoms with E-state index in [0.717, 1.165) is 44.1 Å². The van der Waals surface area contributed by atoms with Crippen LogP contribution < -0.4 is 16.0 Å². The van der Waals surface area contributed by atoms with Gasteiger partial charge < -0.3 is 20.7 Å². The van der Waals surface area contributed by atoms with E-state index < -0.39 is 0 Å². The molecule has 3 N–H and O–H groups in total. The number of likely N-dealkylation sites (N-methyl/N-ethyl adjacent to an activating group) is 1. The van der Waals surface area contributed by atoms with E-state index in [0.29, 0.717) is 24.7 Å². The molecule has 0 spiro atoms. The number of hydrogen-bond donors (Lipinski definition) is 3. The number of halogens is 1. The number of carbonyl (C=O) groups excluding carboxylic acids is 1. The minimum atomic E-state index is -0.0502. The van der Waals surface area contributed by atoms with Crippen LogP contribution >= 0.6 is 24.0 Å². The van der Waals surface area contributed by atoms with E-state index in [1.807, 2.05) is 24.3 Å². The molecule has 30 heavy (non-hydrogen) atoms. The van der Waals surface area contributed by atoms with E-state index in [2.05, 4.69) is 32.8 Å². The fourth-order valence-electron chi connectivity index (χ4n) is 4.10. The lowest BCUT2D eigenvalue weighted by Gasteiger charge is -2.24. The van der Waals surface area contributed by atoms with Crippen molar-refractivity contribution in [1.29, 1.82) is 0 Å². The second-order valence-corrected chi connectivity index (χ2v) is 7.78. The molecule has 2 aliphatic heterocycles. The summed E-state index contributed by atoms with van der Waals surface area (Å²) in [5, 5.41) is 9.77. The number of nitrogens with one attached hydrogen (secondary N) is 3. The fraction of sp³-hybridized carbons (Fsp3) is 0.636. The molecule has 1 aromatic rings. The summed E-state index contributed by atoms with van der Waals surface area (Å²) in [6, 6.07) is 8.30. The summed E-state index contributed by atoms with van der Waals surface area (Å²) in [6.45, 7) is 7.40. The Labute approximate surface area is 197 Å². The van der Waals surface area contributed by atoms with Gasteiger partial charge in [-0.1, -0.05) is 19.1 Å². The van der Waals surface area contributed by atoms with Crippen molar-refractivity contribution in [2.24, 2.45) is 4.99 Å². The zero-order valence-electron chi connectivity index (χ0n) is 18.2. The van der Waals surface area contributed by atoms with Gasteiger partial charge in [0, 0.05) is 44.9 Å². The van der Waals surface area contributed by atoms with Crippen LogP contribution in [0.1, 0.15) is 48.5 Å². The molecule has 3 rings (SSSR count). The predicted octanol–water partition coefficient (Wildman–Crippen LogP) is 2.36. The summed E-state index contributed by atoms with van der Waals surface area (Å²) < 4.78 is 5.57. The van der Waals surface area contributed by atoms with Crippen molar-refractivity contribution in [2.45, 2.75) is 51.3 Å². The molecule has 1 aromatic carbocycles. The van der Waals surface area contributed by atoms with Crippen LogP contribution in [0.5, 0.6) is 0 Å². The molecule has 2 saturated heterocycles.